The van der Waals surface area contributed by atoms with E-state index < -0.39 is 0 Å². The smallest absolute Gasteiger partial charge is 0.311 e. The van der Waals surface area contributed by atoms with E-state index in [9.17, 15) is 9.59 Å². The molecule has 0 saturated heterocycles. The van der Waals surface area contributed by atoms with E-state index in [-0.39, 0.29) is 30.9 Å². The number of carbonyl (C=O) groups excluding carboxylic acids is 2. The van der Waals surface area contributed by atoms with E-state index >= 15 is 0 Å². The van der Waals surface area contributed by atoms with Gasteiger partial charge in [-0.2, -0.15) is 0 Å². The number of hydrogen-bond acceptors (Lipinski definition) is 6. The number of esters is 2. The average Bonchev–Trinajstić information content (AvgIpc) is 3.24. The molecule has 4 rings (SSSR count). The Balaban J connectivity index is 1.45. The predicted molar refractivity (Wildman–Crippen MR) is 145 cm³/mol. The van der Waals surface area contributed by atoms with Crippen molar-refractivity contribution in [1.29, 1.82) is 0 Å². The minimum Gasteiger partial charge on any atom is -0.466 e. The van der Waals surface area contributed by atoms with Crippen LogP contribution < -0.4 is 0 Å². The van der Waals surface area contributed by atoms with Gasteiger partial charge in [-0.25, -0.2) is 0 Å². The molecule has 0 aliphatic carbocycles. The summed E-state index contributed by atoms with van der Waals surface area (Å²) in [6.45, 7) is 5.84. The van der Waals surface area contributed by atoms with Crippen LogP contribution in [0.1, 0.15) is 42.3 Å². The second-order valence-corrected chi connectivity index (χ2v) is 9.61. The van der Waals surface area contributed by atoms with Crippen molar-refractivity contribution in [2.45, 2.75) is 39.7 Å². The first kappa shape index (κ1) is 26.4. The lowest BCUT2D eigenvalue weighted by Gasteiger charge is -2.14. The van der Waals surface area contributed by atoms with Gasteiger partial charge < -0.3 is 14.0 Å². The summed E-state index contributed by atoms with van der Waals surface area (Å²) in [6, 6.07) is 23.4. The first-order chi connectivity index (χ1) is 17.8. The number of benzene rings is 3. The van der Waals surface area contributed by atoms with Crippen molar-refractivity contribution < 1.29 is 23.6 Å². The number of nitrogens with zero attached hydrogens (tertiary/aromatic N) is 1. The summed E-state index contributed by atoms with van der Waals surface area (Å²) in [5, 5.41) is 4.10. The Bertz CT molecular complexity index is 1380. The molecule has 1 atom stereocenters. The quantitative estimate of drug-likeness (QED) is 0.204. The molecule has 0 amide bonds. The molecule has 1 unspecified atom stereocenters. The average molecular weight is 562 g/mol. The monoisotopic (exact) mass is 561 g/mol. The van der Waals surface area contributed by atoms with Crippen LogP contribution in [0.15, 0.2) is 81.8 Å². The lowest BCUT2D eigenvalue weighted by Crippen LogP contribution is -2.12. The summed E-state index contributed by atoms with van der Waals surface area (Å²) >= 11 is 3.45. The Kier molecular flexibility index (Phi) is 8.56. The van der Waals surface area contributed by atoms with E-state index in [1.54, 1.807) is 6.92 Å². The lowest BCUT2D eigenvalue weighted by atomic mass is 9.99. The zero-order chi connectivity index (χ0) is 26.4. The van der Waals surface area contributed by atoms with Crippen LogP contribution in [0.25, 0.3) is 22.5 Å². The molecule has 6 nitrogen and oxygen atoms in total. The topological polar surface area (TPSA) is 78.6 Å². The first-order valence-corrected chi connectivity index (χ1v) is 12.9. The molecule has 3 aromatic carbocycles. The fraction of sp³-hybridized carbons (Fsp3) is 0.233. The van der Waals surface area contributed by atoms with Crippen LogP contribution in [0.4, 0.5) is 0 Å². The molecule has 0 radical (unpaired) electrons. The summed E-state index contributed by atoms with van der Waals surface area (Å²) in [6.07, 6.45) is -0.0612. The zero-order valence-electron chi connectivity index (χ0n) is 21.0. The second kappa shape index (κ2) is 12.0. The first-order valence-electron chi connectivity index (χ1n) is 12.1. The van der Waals surface area contributed by atoms with Crippen molar-refractivity contribution in [2.75, 3.05) is 6.61 Å². The molecule has 0 fully saturated rings. The molecule has 7 heteroatoms. The number of aryl methyl sites for hydroxylation is 1. The summed E-state index contributed by atoms with van der Waals surface area (Å²) in [5.41, 5.74) is 6.05. The van der Waals surface area contributed by atoms with Gasteiger partial charge in [0.2, 0.25) is 0 Å². The molecule has 190 valence electrons. The van der Waals surface area contributed by atoms with Gasteiger partial charge in [-0.3, -0.25) is 9.59 Å². The van der Waals surface area contributed by atoms with Crippen molar-refractivity contribution in [1.82, 2.24) is 5.16 Å². The van der Waals surface area contributed by atoms with Gasteiger partial charge >= 0.3 is 11.9 Å². The largest absolute Gasteiger partial charge is 0.466 e. The van der Waals surface area contributed by atoms with E-state index in [1.807, 2.05) is 86.6 Å². The highest BCUT2D eigenvalue weighted by Gasteiger charge is 2.21. The van der Waals surface area contributed by atoms with Gasteiger partial charge in [-0.15, -0.1) is 0 Å². The van der Waals surface area contributed by atoms with E-state index in [4.69, 9.17) is 14.0 Å². The van der Waals surface area contributed by atoms with Crippen LogP contribution in [0.5, 0.6) is 0 Å². The third kappa shape index (κ3) is 6.74. The van der Waals surface area contributed by atoms with Crippen molar-refractivity contribution in [3.05, 3.63) is 99.7 Å². The summed E-state index contributed by atoms with van der Waals surface area (Å²) < 4.78 is 17.2. The summed E-state index contributed by atoms with van der Waals surface area (Å²) in [4.78, 5) is 24.5. The van der Waals surface area contributed by atoms with Crippen LogP contribution in [-0.4, -0.2) is 23.7 Å². The molecular weight excluding hydrogens is 534 g/mol. The molecule has 0 bridgehead atoms. The van der Waals surface area contributed by atoms with Gasteiger partial charge in [-0.1, -0.05) is 81.8 Å². The lowest BCUT2D eigenvalue weighted by molar-refractivity contribution is -0.147. The maximum Gasteiger partial charge on any atom is 0.311 e. The number of rotatable bonds is 9. The Hall–Kier alpha value is -3.71. The van der Waals surface area contributed by atoms with Crippen molar-refractivity contribution in [3.8, 4) is 22.5 Å². The molecule has 0 N–H and O–H groups in total. The number of ether oxygens (including phenoxy) is 2. The molecule has 37 heavy (non-hydrogen) atoms. The fourth-order valence-electron chi connectivity index (χ4n) is 4.04. The molecule has 0 aliphatic rings. The highest BCUT2D eigenvalue weighted by atomic mass is 79.9. The summed E-state index contributed by atoms with van der Waals surface area (Å²) in [7, 11) is 0. The van der Waals surface area contributed by atoms with E-state index in [0.29, 0.717) is 23.6 Å². The number of carbonyl (C=O) groups is 2. The van der Waals surface area contributed by atoms with Crippen LogP contribution in [0.3, 0.4) is 0 Å². The Morgan fingerprint density at radius 3 is 2.22 bits per heavy atom. The maximum atomic E-state index is 12.8. The molecule has 1 aromatic heterocycles. The molecule has 0 aliphatic heterocycles. The van der Waals surface area contributed by atoms with Crippen molar-refractivity contribution in [2.24, 2.45) is 0 Å². The van der Waals surface area contributed by atoms with Gasteiger partial charge in [0, 0.05) is 15.6 Å². The van der Waals surface area contributed by atoms with Gasteiger partial charge in [0.1, 0.15) is 6.10 Å². The number of hydrogen-bond donors (Lipinski definition) is 0. The molecule has 1 heterocycles. The van der Waals surface area contributed by atoms with Crippen LogP contribution in [-0.2, 0) is 31.9 Å². The van der Waals surface area contributed by atoms with E-state index in [0.717, 1.165) is 32.3 Å². The Morgan fingerprint density at radius 1 is 0.919 bits per heavy atom. The minimum atomic E-state index is -0.378. The van der Waals surface area contributed by atoms with Crippen LogP contribution in [0, 0.1) is 6.92 Å². The van der Waals surface area contributed by atoms with Crippen molar-refractivity contribution in [3.63, 3.8) is 0 Å². The predicted octanol–water partition coefficient (Wildman–Crippen LogP) is 7.03. The van der Waals surface area contributed by atoms with Gasteiger partial charge in [0.25, 0.3) is 0 Å². The third-order valence-corrected chi connectivity index (χ3v) is 6.51. The van der Waals surface area contributed by atoms with Crippen molar-refractivity contribution >= 4 is 27.9 Å². The molecule has 4 aromatic rings. The summed E-state index contributed by atoms with van der Waals surface area (Å²) in [5.74, 6) is -0.0234. The van der Waals surface area contributed by atoms with Crippen LogP contribution >= 0.6 is 15.9 Å². The molecular formula is C30H28BrNO5. The highest BCUT2D eigenvalue weighted by molar-refractivity contribution is 9.10. The molecule has 0 spiro atoms. The SMILES string of the molecule is CCOC(=O)Cc1ccc(-c2ccc(-c3onc(C)c3CC(=O)OC(C)c3cccc(Br)c3)cc2)cc1. The van der Waals surface area contributed by atoms with E-state index in [2.05, 4.69) is 21.1 Å². The Morgan fingerprint density at radius 2 is 1.57 bits per heavy atom. The maximum absolute atomic E-state index is 12.8. The number of halogens is 1. The zero-order valence-corrected chi connectivity index (χ0v) is 22.6. The van der Waals surface area contributed by atoms with Gasteiger partial charge in [-0.05, 0) is 55.2 Å². The fourth-order valence-corrected chi connectivity index (χ4v) is 4.46. The van der Waals surface area contributed by atoms with Crippen LogP contribution in [0.2, 0.25) is 0 Å². The highest BCUT2D eigenvalue weighted by Crippen LogP contribution is 2.30. The Labute approximate surface area is 224 Å². The van der Waals surface area contributed by atoms with Gasteiger partial charge in [0.05, 0.1) is 25.1 Å². The standard InChI is InChI=1S/C30H28BrNO5/c1-4-35-28(33)16-21-8-10-22(11-9-21)23-12-14-24(15-13-23)30-27(19(2)32-37-30)18-29(34)36-20(3)25-6-5-7-26(31)17-25/h5-15,17,20H,4,16,18H2,1-3H3. The normalized spacial score (nSPS) is 11.7. The number of aromatic nitrogens is 1. The second-order valence-electron chi connectivity index (χ2n) is 8.70. The van der Waals surface area contributed by atoms with Gasteiger partial charge in [0.15, 0.2) is 5.76 Å². The third-order valence-electron chi connectivity index (χ3n) is 6.02. The van der Waals surface area contributed by atoms with E-state index in [1.165, 1.54) is 0 Å². The minimum absolute atomic E-state index is 0.0622. The molecule has 0 saturated carbocycles.